The van der Waals surface area contributed by atoms with Crippen molar-refractivity contribution in [1.29, 1.82) is 0 Å². The molecule has 0 radical (unpaired) electrons. The molecule has 128 valence electrons. The molecule has 5 nitrogen and oxygen atoms in total. The molecular formula is C16H10Cl2FN3O2S. The van der Waals surface area contributed by atoms with E-state index in [0.717, 1.165) is 11.3 Å². The second kappa shape index (κ2) is 7.77. The fourth-order valence-corrected chi connectivity index (χ4v) is 3.02. The van der Waals surface area contributed by atoms with Gasteiger partial charge in [0.15, 0.2) is 5.01 Å². The molecule has 0 fully saturated rings. The van der Waals surface area contributed by atoms with Crippen LogP contribution in [-0.4, -0.2) is 16.1 Å². The lowest BCUT2D eigenvalue weighted by atomic mass is 10.2. The zero-order valence-electron chi connectivity index (χ0n) is 12.5. The summed E-state index contributed by atoms with van der Waals surface area (Å²) in [5, 5.41) is 12.0. The quantitative estimate of drug-likeness (QED) is 0.670. The number of hydrogen-bond donors (Lipinski definition) is 1. The standard InChI is InChI=1S/C16H10Cl2FN3O2S/c17-9-1-6-12(13(18)7-9)15(23)20-16-22-21-14(25-16)8-24-11-4-2-10(19)3-5-11/h1-7H,8H2,(H,20,22,23). The van der Waals surface area contributed by atoms with Gasteiger partial charge in [-0.15, -0.1) is 10.2 Å². The van der Waals surface area contributed by atoms with Gasteiger partial charge in [-0.25, -0.2) is 4.39 Å². The summed E-state index contributed by atoms with van der Waals surface area (Å²) in [6.45, 7) is 0.154. The molecule has 0 aliphatic heterocycles. The lowest BCUT2D eigenvalue weighted by molar-refractivity contribution is 0.102. The fourth-order valence-electron chi connectivity index (χ4n) is 1.88. The first-order valence-electron chi connectivity index (χ1n) is 6.98. The van der Waals surface area contributed by atoms with Gasteiger partial charge in [0.2, 0.25) is 5.13 Å². The van der Waals surface area contributed by atoms with Gasteiger partial charge in [0.25, 0.3) is 5.91 Å². The largest absolute Gasteiger partial charge is 0.486 e. The summed E-state index contributed by atoms with van der Waals surface area (Å²) < 4.78 is 18.3. The molecule has 0 atom stereocenters. The van der Waals surface area contributed by atoms with Crippen LogP contribution in [0.15, 0.2) is 42.5 Å². The van der Waals surface area contributed by atoms with E-state index >= 15 is 0 Å². The first-order chi connectivity index (χ1) is 12.0. The number of anilines is 1. The molecule has 0 bridgehead atoms. The Hall–Kier alpha value is -2.22. The van der Waals surface area contributed by atoms with Gasteiger partial charge in [0, 0.05) is 5.02 Å². The predicted molar refractivity (Wildman–Crippen MR) is 95.1 cm³/mol. The van der Waals surface area contributed by atoms with E-state index in [0.29, 0.717) is 20.9 Å². The maximum absolute atomic E-state index is 12.8. The third kappa shape index (κ3) is 4.66. The summed E-state index contributed by atoms with van der Waals surface area (Å²) in [7, 11) is 0. The average molecular weight is 398 g/mol. The molecule has 9 heteroatoms. The summed E-state index contributed by atoms with van der Waals surface area (Å²) >= 11 is 13.0. The Morgan fingerprint density at radius 3 is 2.64 bits per heavy atom. The molecule has 3 rings (SSSR count). The second-order valence-electron chi connectivity index (χ2n) is 4.82. The van der Waals surface area contributed by atoms with Crippen molar-refractivity contribution in [2.45, 2.75) is 6.61 Å². The van der Waals surface area contributed by atoms with Crippen LogP contribution in [0.5, 0.6) is 5.75 Å². The van der Waals surface area contributed by atoms with Crippen molar-refractivity contribution in [1.82, 2.24) is 10.2 Å². The molecule has 0 aliphatic rings. The molecule has 0 unspecified atom stereocenters. The molecule has 1 N–H and O–H groups in total. The third-order valence-electron chi connectivity index (χ3n) is 3.04. The average Bonchev–Trinajstić information content (AvgIpc) is 3.01. The number of nitrogens with zero attached hydrogens (tertiary/aromatic N) is 2. The van der Waals surface area contributed by atoms with Crippen LogP contribution in [0.25, 0.3) is 0 Å². The SMILES string of the molecule is O=C(Nc1nnc(COc2ccc(F)cc2)s1)c1ccc(Cl)cc1Cl. The minimum absolute atomic E-state index is 0.154. The number of ether oxygens (including phenoxy) is 1. The summed E-state index contributed by atoms with van der Waals surface area (Å²) in [6.07, 6.45) is 0. The Morgan fingerprint density at radius 2 is 1.92 bits per heavy atom. The van der Waals surface area contributed by atoms with Crippen LogP contribution in [0.4, 0.5) is 9.52 Å². The highest BCUT2D eigenvalue weighted by atomic mass is 35.5. The Morgan fingerprint density at radius 1 is 1.16 bits per heavy atom. The van der Waals surface area contributed by atoms with Crippen LogP contribution >= 0.6 is 34.5 Å². The van der Waals surface area contributed by atoms with Gasteiger partial charge in [0.1, 0.15) is 18.2 Å². The molecule has 0 aliphatic carbocycles. The van der Waals surface area contributed by atoms with E-state index in [2.05, 4.69) is 15.5 Å². The van der Waals surface area contributed by atoms with E-state index in [1.165, 1.54) is 36.4 Å². The van der Waals surface area contributed by atoms with Crippen LogP contribution in [0.1, 0.15) is 15.4 Å². The number of rotatable bonds is 5. The van der Waals surface area contributed by atoms with Crippen LogP contribution in [0.3, 0.4) is 0 Å². The van der Waals surface area contributed by atoms with Crippen molar-refractivity contribution in [3.63, 3.8) is 0 Å². The first kappa shape index (κ1) is 17.6. The summed E-state index contributed by atoms with van der Waals surface area (Å²) in [4.78, 5) is 12.2. The van der Waals surface area contributed by atoms with E-state index in [1.54, 1.807) is 6.07 Å². The minimum Gasteiger partial charge on any atom is -0.486 e. The molecule has 0 spiro atoms. The van der Waals surface area contributed by atoms with Crippen LogP contribution in [0, 0.1) is 5.82 Å². The van der Waals surface area contributed by atoms with E-state index in [-0.39, 0.29) is 23.0 Å². The molecule has 0 saturated heterocycles. The van der Waals surface area contributed by atoms with Gasteiger partial charge < -0.3 is 4.74 Å². The predicted octanol–water partition coefficient (Wildman–Crippen LogP) is 4.82. The third-order valence-corrected chi connectivity index (χ3v) is 4.40. The normalized spacial score (nSPS) is 10.5. The van der Waals surface area contributed by atoms with Gasteiger partial charge >= 0.3 is 0 Å². The Balaban J connectivity index is 1.61. The van der Waals surface area contributed by atoms with Crippen molar-refractivity contribution >= 4 is 45.6 Å². The van der Waals surface area contributed by atoms with Crippen molar-refractivity contribution in [2.24, 2.45) is 0 Å². The van der Waals surface area contributed by atoms with Crippen molar-refractivity contribution in [3.8, 4) is 5.75 Å². The lowest BCUT2D eigenvalue weighted by Gasteiger charge is -2.04. The number of nitrogens with one attached hydrogen (secondary N) is 1. The molecule has 1 heterocycles. The highest BCUT2D eigenvalue weighted by Gasteiger charge is 2.14. The van der Waals surface area contributed by atoms with Gasteiger partial charge in [0.05, 0.1) is 10.6 Å². The number of benzene rings is 2. The van der Waals surface area contributed by atoms with Crippen molar-refractivity contribution < 1.29 is 13.9 Å². The van der Waals surface area contributed by atoms with Crippen LogP contribution in [-0.2, 0) is 6.61 Å². The molecule has 0 saturated carbocycles. The highest BCUT2D eigenvalue weighted by Crippen LogP contribution is 2.23. The van der Waals surface area contributed by atoms with E-state index in [1.807, 2.05) is 0 Å². The van der Waals surface area contributed by atoms with Crippen molar-refractivity contribution in [3.05, 3.63) is 68.9 Å². The molecule has 2 aromatic carbocycles. The number of aromatic nitrogens is 2. The minimum atomic E-state index is -0.413. The lowest BCUT2D eigenvalue weighted by Crippen LogP contribution is -2.12. The Kier molecular flexibility index (Phi) is 5.47. The van der Waals surface area contributed by atoms with Crippen LogP contribution in [0.2, 0.25) is 10.0 Å². The van der Waals surface area contributed by atoms with Gasteiger partial charge in [-0.3, -0.25) is 10.1 Å². The van der Waals surface area contributed by atoms with Gasteiger partial charge in [-0.05, 0) is 42.5 Å². The summed E-state index contributed by atoms with van der Waals surface area (Å²) in [5.41, 5.74) is 0.283. The summed E-state index contributed by atoms with van der Waals surface area (Å²) in [6, 6.07) is 10.2. The number of hydrogen-bond acceptors (Lipinski definition) is 5. The second-order valence-corrected chi connectivity index (χ2v) is 6.73. The maximum atomic E-state index is 12.8. The first-order valence-corrected chi connectivity index (χ1v) is 8.55. The fraction of sp³-hybridized carbons (Fsp3) is 0.0625. The van der Waals surface area contributed by atoms with Crippen molar-refractivity contribution in [2.75, 3.05) is 5.32 Å². The van der Waals surface area contributed by atoms with E-state index in [9.17, 15) is 9.18 Å². The molecule has 25 heavy (non-hydrogen) atoms. The van der Waals surface area contributed by atoms with Gasteiger partial charge in [-0.2, -0.15) is 0 Å². The van der Waals surface area contributed by atoms with Crippen LogP contribution < -0.4 is 10.1 Å². The number of carbonyl (C=O) groups excluding carboxylic acids is 1. The van der Waals surface area contributed by atoms with Gasteiger partial charge in [-0.1, -0.05) is 34.5 Å². The molecular weight excluding hydrogens is 388 g/mol. The monoisotopic (exact) mass is 397 g/mol. The Labute approximate surface area is 156 Å². The zero-order chi connectivity index (χ0) is 17.8. The molecule has 1 amide bonds. The smallest absolute Gasteiger partial charge is 0.259 e. The van der Waals surface area contributed by atoms with E-state index < -0.39 is 5.91 Å². The van der Waals surface area contributed by atoms with E-state index in [4.69, 9.17) is 27.9 Å². The molecule has 1 aromatic heterocycles. The number of halogens is 3. The number of amides is 1. The Bertz CT molecular complexity index is 903. The highest BCUT2D eigenvalue weighted by molar-refractivity contribution is 7.15. The number of carbonyl (C=O) groups is 1. The molecule has 3 aromatic rings. The maximum Gasteiger partial charge on any atom is 0.259 e. The zero-order valence-corrected chi connectivity index (χ0v) is 14.8. The summed E-state index contributed by atoms with van der Waals surface area (Å²) in [5.74, 6) is -0.243. The topological polar surface area (TPSA) is 64.1 Å².